The summed E-state index contributed by atoms with van der Waals surface area (Å²) in [6, 6.07) is 0. The summed E-state index contributed by atoms with van der Waals surface area (Å²) in [5.41, 5.74) is 0.939. The molecular weight excluding hydrogens is 326 g/mol. The van der Waals surface area contributed by atoms with Crippen molar-refractivity contribution >= 4 is 16.0 Å². The maximum absolute atomic E-state index is 12.7. The van der Waals surface area contributed by atoms with E-state index in [0.29, 0.717) is 26.2 Å². The Morgan fingerprint density at radius 1 is 1.21 bits per heavy atom. The molecule has 1 atom stereocenters. The second-order valence-electron chi connectivity index (χ2n) is 6.38. The van der Waals surface area contributed by atoms with Crippen molar-refractivity contribution in [1.29, 1.82) is 0 Å². The number of hydrogen-bond acceptors (Lipinski definition) is 5. The van der Waals surface area contributed by atoms with Gasteiger partial charge in [0.2, 0.25) is 0 Å². The number of anilines is 1. The number of rotatable bonds is 7. The van der Waals surface area contributed by atoms with Gasteiger partial charge in [0.25, 0.3) is 10.2 Å². The average molecular weight is 356 g/mol. The summed E-state index contributed by atoms with van der Waals surface area (Å²) in [4.78, 5) is 10.8. The second kappa shape index (κ2) is 8.22. The Morgan fingerprint density at radius 3 is 2.50 bits per heavy atom. The summed E-state index contributed by atoms with van der Waals surface area (Å²) in [6.07, 6.45) is 6.06. The van der Waals surface area contributed by atoms with Crippen molar-refractivity contribution in [2.24, 2.45) is 5.92 Å². The molecule has 1 aromatic rings. The SMILES string of the molecule is CCN(CC)S(=O)(=O)N1CCC[C@H](Cc2nccnc2N(C)C)C1. The van der Waals surface area contributed by atoms with E-state index in [1.165, 1.54) is 4.31 Å². The molecule has 1 saturated heterocycles. The van der Waals surface area contributed by atoms with E-state index in [0.717, 1.165) is 30.8 Å². The van der Waals surface area contributed by atoms with Crippen molar-refractivity contribution in [2.75, 3.05) is 45.2 Å². The van der Waals surface area contributed by atoms with Crippen LogP contribution in [0.25, 0.3) is 0 Å². The summed E-state index contributed by atoms with van der Waals surface area (Å²) in [7, 11) is 0.544. The summed E-state index contributed by atoms with van der Waals surface area (Å²) >= 11 is 0. The summed E-state index contributed by atoms with van der Waals surface area (Å²) in [5, 5.41) is 0. The van der Waals surface area contributed by atoms with E-state index in [1.54, 1.807) is 16.7 Å². The fraction of sp³-hybridized carbons (Fsp3) is 0.750. The highest BCUT2D eigenvalue weighted by Gasteiger charge is 2.32. The van der Waals surface area contributed by atoms with E-state index >= 15 is 0 Å². The van der Waals surface area contributed by atoms with Gasteiger partial charge in [0.05, 0.1) is 5.69 Å². The van der Waals surface area contributed by atoms with Crippen LogP contribution in [0.4, 0.5) is 5.82 Å². The first-order chi connectivity index (χ1) is 11.4. The topological polar surface area (TPSA) is 69.6 Å². The van der Waals surface area contributed by atoms with E-state index in [-0.39, 0.29) is 5.92 Å². The van der Waals surface area contributed by atoms with E-state index < -0.39 is 10.2 Å². The first-order valence-electron chi connectivity index (χ1n) is 8.62. The molecule has 2 heterocycles. The highest BCUT2D eigenvalue weighted by atomic mass is 32.2. The lowest BCUT2D eigenvalue weighted by Gasteiger charge is -2.35. The predicted octanol–water partition coefficient (Wildman–Crippen LogP) is 1.38. The first-order valence-corrected chi connectivity index (χ1v) is 10.0. The summed E-state index contributed by atoms with van der Waals surface area (Å²) in [6.45, 7) is 5.94. The standard InChI is InChI=1S/C16H29N5O2S/c1-5-20(6-2)24(22,23)21-11-7-8-14(13-21)12-15-16(19(3)4)18-10-9-17-15/h9-10,14H,5-8,11-13H2,1-4H3/t14-/m1/s1. The molecule has 0 spiro atoms. The Kier molecular flexibility index (Phi) is 6.54. The molecule has 0 bridgehead atoms. The molecule has 24 heavy (non-hydrogen) atoms. The van der Waals surface area contributed by atoms with Gasteiger partial charge < -0.3 is 4.90 Å². The fourth-order valence-electron chi connectivity index (χ4n) is 3.27. The molecule has 1 aromatic heterocycles. The smallest absolute Gasteiger partial charge is 0.281 e. The van der Waals surface area contributed by atoms with Crippen molar-refractivity contribution in [3.63, 3.8) is 0 Å². The zero-order chi connectivity index (χ0) is 17.7. The van der Waals surface area contributed by atoms with Crippen LogP contribution in [0.15, 0.2) is 12.4 Å². The van der Waals surface area contributed by atoms with Gasteiger partial charge in [0, 0.05) is 52.7 Å². The Bertz CT molecular complexity index is 631. The lowest BCUT2D eigenvalue weighted by Crippen LogP contribution is -2.48. The minimum Gasteiger partial charge on any atom is -0.361 e. The lowest BCUT2D eigenvalue weighted by molar-refractivity contribution is 0.247. The monoisotopic (exact) mass is 355 g/mol. The largest absolute Gasteiger partial charge is 0.361 e. The molecular formula is C16H29N5O2S. The van der Waals surface area contributed by atoms with E-state index in [2.05, 4.69) is 9.97 Å². The van der Waals surface area contributed by atoms with Crippen LogP contribution in [-0.4, -0.2) is 67.3 Å². The lowest BCUT2D eigenvalue weighted by atomic mass is 9.94. The fourth-order valence-corrected chi connectivity index (χ4v) is 5.00. The quantitative estimate of drug-likeness (QED) is 0.739. The minimum atomic E-state index is -3.36. The molecule has 1 fully saturated rings. The average Bonchev–Trinajstić information content (AvgIpc) is 2.56. The Morgan fingerprint density at radius 2 is 1.88 bits per heavy atom. The Labute approximate surface area is 145 Å². The Balaban J connectivity index is 2.12. The molecule has 0 amide bonds. The van der Waals surface area contributed by atoms with Gasteiger partial charge in [0.1, 0.15) is 5.82 Å². The van der Waals surface area contributed by atoms with Crippen LogP contribution >= 0.6 is 0 Å². The van der Waals surface area contributed by atoms with Gasteiger partial charge >= 0.3 is 0 Å². The van der Waals surface area contributed by atoms with E-state index in [4.69, 9.17) is 0 Å². The zero-order valence-corrected chi connectivity index (χ0v) is 16.0. The van der Waals surface area contributed by atoms with Gasteiger partial charge in [-0.1, -0.05) is 13.8 Å². The van der Waals surface area contributed by atoms with Crippen LogP contribution < -0.4 is 4.90 Å². The van der Waals surface area contributed by atoms with Crippen molar-refractivity contribution in [3.05, 3.63) is 18.1 Å². The summed E-state index contributed by atoms with van der Waals surface area (Å²) in [5.74, 6) is 1.14. The molecule has 0 aliphatic carbocycles. The van der Waals surface area contributed by atoms with Crippen molar-refractivity contribution in [3.8, 4) is 0 Å². The molecule has 2 rings (SSSR count). The zero-order valence-electron chi connectivity index (χ0n) is 15.1. The third-order valence-electron chi connectivity index (χ3n) is 4.50. The van der Waals surface area contributed by atoms with Crippen LogP contribution in [0.3, 0.4) is 0 Å². The number of aromatic nitrogens is 2. The molecule has 0 N–H and O–H groups in total. The molecule has 0 saturated carbocycles. The van der Waals surface area contributed by atoms with E-state index in [9.17, 15) is 8.42 Å². The van der Waals surface area contributed by atoms with Crippen LogP contribution in [0.5, 0.6) is 0 Å². The summed E-state index contributed by atoms with van der Waals surface area (Å²) < 4.78 is 28.6. The minimum absolute atomic E-state index is 0.277. The molecule has 0 aromatic carbocycles. The maximum atomic E-state index is 12.7. The van der Waals surface area contributed by atoms with Gasteiger partial charge in [-0.3, -0.25) is 4.98 Å². The molecule has 1 aliphatic rings. The van der Waals surface area contributed by atoms with Gasteiger partial charge in [0.15, 0.2) is 0 Å². The highest BCUT2D eigenvalue weighted by molar-refractivity contribution is 7.86. The molecule has 0 radical (unpaired) electrons. The highest BCUT2D eigenvalue weighted by Crippen LogP contribution is 2.25. The maximum Gasteiger partial charge on any atom is 0.281 e. The molecule has 7 nitrogen and oxygen atoms in total. The molecule has 136 valence electrons. The van der Waals surface area contributed by atoms with Crippen LogP contribution in [0, 0.1) is 5.92 Å². The van der Waals surface area contributed by atoms with Crippen LogP contribution in [0.2, 0.25) is 0 Å². The van der Waals surface area contributed by atoms with Crippen LogP contribution in [0.1, 0.15) is 32.4 Å². The normalized spacial score (nSPS) is 19.6. The second-order valence-corrected chi connectivity index (χ2v) is 8.31. The van der Waals surface area contributed by atoms with Crippen molar-refractivity contribution < 1.29 is 8.42 Å². The number of piperidine rings is 1. The van der Waals surface area contributed by atoms with Crippen LogP contribution in [-0.2, 0) is 16.6 Å². The van der Waals surface area contributed by atoms with Gasteiger partial charge in [-0.2, -0.15) is 17.0 Å². The van der Waals surface area contributed by atoms with Gasteiger partial charge in [-0.15, -0.1) is 0 Å². The Hall–Kier alpha value is -1.25. The van der Waals surface area contributed by atoms with Gasteiger partial charge in [-0.25, -0.2) is 4.98 Å². The van der Waals surface area contributed by atoms with Crippen molar-refractivity contribution in [2.45, 2.75) is 33.1 Å². The third kappa shape index (κ3) is 4.23. The predicted molar refractivity (Wildman–Crippen MR) is 96.2 cm³/mol. The molecule has 1 aliphatic heterocycles. The van der Waals surface area contributed by atoms with E-state index in [1.807, 2.05) is 32.8 Å². The third-order valence-corrected chi connectivity index (χ3v) is 6.65. The number of hydrogen-bond donors (Lipinski definition) is 0. The van der Waals surface area contributed by atoms with Gasteiger partial charge in [-0.05, 0) is 25.2 Å². The first kappa shape index (κ1) is 19.1. The van der Waals surface area contributed by atoms with Crippen molar-refractivity contribution in [1.82, 2.24) is 18.6 Å². The molecule has 0 unspecified atom stereocenters. The molecule has 8 heteroatoms. The number of nitrogens with zero attached hydrogens (tertiary/aromatic N) is 5.